The molecule has 1 aliphatic rings. The van der Waals surface area contributed by atoms with E-state index in [-0.39, 0.29) is 18.2 Å². The van der Waals surface area contributed by atoms with E-state index in [1.807, 2.05) is 43.0 Å². The fourth-order valence-corrected chi connectivity index (χ4v) is 4.41. The summed E-state index contributed by atoms with van der Waals surface area (Å²) in [7, 11) is 0. The first-order valence-corrected chi connectivity index (χ1v) is 10.1. The molecule has 1 aromatic carbocycles. The number of anilines is 1. The summed E-state index contributed by atoms with van der Waals surface area (Å²) in [5.41, 5.74) is 4.93. The summed E-state index contributed by atoms with van der Waals surface area (Å²) in [5, 5.41) is 11.9. The van der Waals surface area contributed by atoms with Gasteiger partial charge < -0.3 is 10.2 Å². The van der Waals surface area contributed by atoms with Gasteiger partial charge >= 0.3 is 0 Å². The molecule has 0 aliphatic carbocycles. The molecule has 0 fully saturated rings. The second kappa shape index (κ2) is 7.59. The SMILES string of the molecule is Cc1cc(CC(=O)Nc2cccc(C(=O)N3CCc4sccc4C3)c2C)n[nH]1. The minimum absolute atomic E-state index is 0.00775. The van der Waals surface area contributed by atoms with E-state index in [0.717, 1.165) is 24.2 Å². The third kappa shape index (κ3) is 3.71. The van der Waals surface area contributed by atoms with Gasteiger partial charge in [-0.05, 0) is 61.0 Å². The lowest BCUT2D eigenvalue weighted by Crippen LogP contribution is -2.35. The average Bonchev–Trinajstić information content (AvgIpc) is 3.30. The maximum Gasteiger partial charge on any atom is 0.254 e. The Morgan fingerprint density at radius 1 is 1.29 bits per heavy atom. The van der Waals surface area contributed by atoms with E-state index >= 15 is 0 Å². The van der Waals surface area contributed by atoms with Gasteiger partial charge in [-0.3, -0.25) is 14.7 Å². The number of hydrogen-bond acceptors (Lipinski definition) is 4. The lowest BCUT2D eigenvalue weighted by molar-refractivity contribution is -0.115. The Balaban J connectivity index is 1.48. The zero-order chi connectivity index (χ0) is 19.7. The summed E-state index contributed by atoms with van der Waals surface area (Å²) in [4.78, 5) is 28.7. The van der Waals surface area contributed by atoms with Crippen LogP contribution in [0.5, 0.6) is 0 Å². The van der Waals surface area contributed by atoms with Crippen molar-refractivity contribution in [2.45, 2.75) is 33.2 Å². The van der Waals surface area contributed by atoms with Crippen molar-refractivity contribution in [3.05, 3.63) is 68.7 Å². The molecule has 4 rings (SSSR count). The van der Waals surface area contributed by atoms with Gasteiger partial charge in [0.2, 0.25) is 5.91 Å². The Labute approximate surface area is 167 Å². The molecule has 3 heterocycles. The molecule has 0 saturated heterocycles. The topological polar surface area (TPSA) is 78.1 Å². The van der Waals surface area contributed by atoms with E-state index in [2.05, 4.69) is 27.0 Å². The lowest BCUT2D eigenvalue weighted by atomic mass is 10.0. The first-order chi connectivity index (χ1) is 13.5. The number of nitrogens with zero attached hydrogens (tertiary/aromatic N) is 2. The Morgan fingerprint density at radius 2 is 2.14 bits per heavy atom. The van der Waals surface area contributed by atoms with Crippen LogP contribution in [0.3, 0.4) is 0 Å². The molecule has 0 atom stereocenters. The number of amides is 2. The van der Waals surface area contributed by atoms with Crippen molar-refractivity contribution in [1.29, 1.82) is 0 Å². The maximum atomic E-state index is 13.1. The molecular weight excluding hydrogens is 372 g/mol. The smallest absolute Gasteiger partial charge is 0.254 e. The Bertz CT molecular complexity index is 1040. The second-order valence-corrected chi connectivity index (χ2v) is 8.09. The van der Waals surface area contributed by atoms with Crippen LogP contribution in [0.1, 0.15) is 37.7 Å². The molecular formula is C21H22N4O2S. The van der Waals surface area contributed by atoms with Crippen molar-refractivity contribution in [2.24, 2.45) is 0 Å². The van der Waals surface area contributed by atoms with Crippen molar-refractivity contribution >= 4 is 28.8 Å². The van der Waals surface area contributed by atoms with Gasteiger partial charge in [-0.1, -0.05) is 6.07 Å². The Kier molecular flexibility index (Phi) is 5.00. The Morgan fingerprint density at radius 3 is 2.93 bits per heavy atom. The number of aryl methyl sites for hydroxylation is 1. The number of carbonyl (C=O) groups is 2. The van der Waals surface area contributed by atoms with Crippen LogP contribution in [-0.4, -0.2) is 33.5 Å². The number of benzene rings is 1. The highest BCUT2D eigenvalue weighted by atomic mass is 32.1. The van der Waals surface area contributed by atoms with Gasteiger partial charge in [0.25, 0.3) is 5.91 Å². The first-order valence-electron chi connectivity index (χ1n) is 9.26. The second-order valence-electron chi connectivity index (χ2n) is 7.09. The molecule has 144 valence electrons. The number of fused-ring (bicyclic) bond motifs is 1. The van der Waals surface area contributed by atoms with Crippen LogP contribution in [0.25, 0.3) is 0 Å². The molecule has 0 spiro atoms. The first kappa shape index (κ1) is 18.4. The van der Waals surface area contributed by atoms with E-state index in [9.17, 15) is 9.59 Å². The molecule has 0 saturated carbocycles. The number of thiophene rings is 1. The number of carbonyl (C=O) groups excluding carboxylic acids is 2. The molecule has 2 aromatic heterocycles. The van der Waals surface area contributed by atoms with Gasteiger partial charge in [-0.2, -0.15) is 5.10 Å². The normalized spacial score (nSPS) is 13.3. The number of nitrogens with one attached hydrogen (secondary N) is 2. The van der Waals surface area contributed by atoms with Crippen LogP contribution in [0.4, 0.5) is 5.69 Å². The predicted molar refractivity (Wildman–Crippen MR) is 110 cm³/mol. The minimum atomic E-state index is -0.153. The molecule has 7 heteroatoms. The molecule has 3 aromatic rings. The molecule has 28 heavy (non-hydrogen) atoms. The molecule has 0 radical (unpaired) electrons. The molecule has 0 unspecified atom stereocenters. The van der Waals surface area contributed by atoms with Crippen molar-refractivity contribution in [1.82, 2.24) is 15.1 Å². The quantitative estimate of drug-likeness (QED) is 0.711. The van der Waals surface area contributed by atoms with Gasteiger partial charge in [0.1, 0.15) is 0 Å². The van der Waals surface area contributed by atoms with Gasteiger partial charge in [0, 0.05) is 34.9 Å². The number of rotatable bonds is 4. The summed E-state index contributed by atoms with van der Waals surface area (Å²) in [6, 6.07) is 9.41. The monoisotopic (exact) mass is 394 g/mol. The zero-order valence-corrected chi connectivity index (χ0v) is 16.7. The third-order valence-electron chi connectivity index (χ3n) is 5.03. The van der Waals surface area contributed by atoms with E-state index in [0.29, 0.717) is 23.5 Å². The zero-order valence-electron chi connectivity index (χ0n) is 15.9. The molecule has 1 aliphatic heterocycles. The standard InChI is InChI=1S/C21H22N4O2S/c1-13-10-16(24-23-13)11-20(26)22-18-5-3-4-17(14(18)2)21(27)25-8-6-19-15(12-25)7-9-28-19/h3-5,7,9-10H,6,8,11-12H2,1-2H3,(H,22,26)(H,23,24). The number of aromatic amines is 1. The highest BCUT2D eigenvalue weighted by molar-refractivity contribution is 7.10. The molecule has 0 bridgehead atoms. The van der Waals surface area contributed by atoms with Crippen molar-refractivity contribution in [3.63, 3.8) is 0 Å². The summed E-state index contributed by atoms with van der Waals surface area (Å²) in [6.07, 6.45) is 1.09. The van der Waals surface area contributed by atoms with Crippen LogP contribution in [0.2, 0.25) is 0 Å². The third-order valence-corrected chi connectivity index (χ3v) is 6.06. The number of hydrogen-bond donors (Lipinski definition) is 2. The maximum absolute atomic E-state index is 13.1. The van der Waals surface area contributed by atoms with Crippen LogP contribution in [0, 0.1) is 13.8 Å². The minimum Gasteiger partial charge on any atom is -0.334 e. The van der Waals surface area contributed by atoms with E-state index < -0.39 is 0 Å². The summed E-state index contributed by atoms with van der Waals surface area (Å²) in [5.74, 6) is -0.145. The molecule has 2 amide bonds. The van der Waals surface area contributed by atoms with Gasteiger partial charge in [0.15, 0.2) is 0 Å². The highest BCUT2D eigenvalue weighted by Crippen LogP contribution is 2.27. The van der Waals surface area contributed by atoms with Gasteiger partial charge in [-0.25, -0.2) is 0 Å². The van der Waals surface area contributed by atoms with Gasteiger partial charge in [0.05, 0.1) is 12.1 Å². The number of H-pyrrole nitrogens is 1. The molecule has 2 N–H and O–H groups in total. The van der Waals surface area contributed by atoms with Crippen LogP contribution in [-0.2, 0) is 24.2 Å². The van der Waals surface area contributed by atoms with Crippen LogP contribution < -0.4 is 5.32 Å². The molecule has 6 nitrogen and oxygen atoms in total. The summed E-state index contributed by atoms with van der Waals surface area (Å²) in [6.45, 7) is 5.14. The lowest BCUT2D eigenvalue weighted by Gasteiger charge is -2.28. The van der Waals surface area contributed by atoms with Crippen molar-refractivity contribution in [2.75, 3.05) is 11.9 Å². The fourth-order valence-electron chi connectivity index (χ4n) is 3.52. The van der Waals surface area contributed by atoms with Crippen LogP contribution in [0.15, 0.2) is 35.7 Å². The van der Waals surface area contributed by atoms with Crippen molar-refractivity contribution < 1.29 is 9.59 Å². The summed E-state index contributed by atoms with van der Waals surface area (Å²) >= 11 is 1.76. The fraction of sp³-hybridized carbons (Fsp3) is 0.286. The van der Waals surface area contributed by atoms with E-state index in [1.165, 1.54) is 10.4 Å². The number of aromatic nitrogens is 2. The predicted octanol–water partition coefficient (Wildman–Crippen LogP) is 3.47. The van der Waals surface area contributed by atoms with E-state index in [4.69, 9.17) is 0 Å². The Hall–Kier alpha value is -2.93. The highest BCUT2D eigenvalue weighted by Gasteiger charge is 2.24. The average molecular weight is 395 g/mol. The largest absolute Gasteiger partial charge is 0.334 e. The van der Waals surface area contributed by atoms with Crippen molar-refractivity contribution in [3.8, 4) is 0 Å². The summed E-state index contributed by atoms with van der Waals surface area (Å²) < 4.78 is 0. The van der Waals surface area contributed by atoms with E-state index in [1.54, 1.807) is 11.3 Å². The van der Waals surface area contributed by atoms with Gasteiger partial charge in [-0.15, -0.1) is 11.3 Å². The van der Waals surface area contributed by atoms with Crippen LogP contribution >= 0.6 is 11.3 Å².